The van der Waals surface area contributed by atoms with Gasteiger partial charge in [-0.05, 0) is 18.4 Å². The van der Waals surface area contributed by atoms with Crippen LogP contribution in [0.4, 0.5) is 5.82 Å². The number of hydrogen-bond acceptors (Lipinski definition) is 9. The summed E-state index contributed by atoms with van der Waals surface area (Å²) < 4.78 is 1.22. The third kappa shape index (κ3) is 8.47. The molecule has 1 aromatic carbocycles. The van der Waals surface area contributed by atoms with Crippen LogP contribution < -0.4 is 16.2 Å². The van der Waals surface area contributed by atoms with Gasteiger partial charge >= 0.3 is 0 Å². The molecular formula is C23H30N6O4S. The second-order valence-corrected chi connectivity index (χ2v) is 8.91. The molecule has 2 aromatic rings. The van der Waals surface area contributed by atoms with Crippen LogP contribution in [0.3, 0.4) is 0 Å². The van der Waals surface area contributed by atoms with Gasteiger partial charge in [-0.15, -0.1) is 11.8 Å². The van der Waals surface area contributed by atoms with Crippen LogP contribution in [0.1, 0.15) is 37.9 Å². The fourth-order valence-electron chi connectivity index (χ4n) is 2.80. The molecule has 0 atom stereocenters. The molecule has 11 heteroatoms. The molecule has 0 saturated carbocycles. The number of anilines is 1. The zero-order valence-corrected chi connectivity index (χ0v) is 20.3. The third-order valence-electron chi connectivity index (χ3n) is 4.73. The van der Waals surface area contributed by atoms with Gasteiger partial charge in [0.25, 0.3) is 5.56 Å². The summed E-state index contributed by atoms with van der Waals surface area (Å²) in [4.78, 5) is 41.6. The van der Waals surface area contributed by atoms with E-state index >= 15 is 0 Å². The van der Waals surface area contributed by atoms with Crippen molar-refractivity contribution in [2.75, 3.05) is 24.2 Å². The highest BCUT2D eigenvalue weighted by Crippen LogP contribution is 2.12. The molecule has 2 rings (SSSR count). The number of ketones is 1. The SMILES string of the molecule is CC(=N)/C(CNc1nc(C(C)C)cn(CC(=O)NCC(=O)CSCc2ccccc2)c1=O)=N\O. The highest BCUT2D eigenvalue weighted by molar-refractivity contribution is 7.99. The summed E-state index contributed by atoms with van der Waals surface area (Å²) in [7, 11) is 0. The molecule has 0 aliphatic rings. The van der Waals surface area contributed by atoms with Crippen molar-refractivity contribution >= 4 is 40.7 Å². The maximum Gasteiger partial charge on any atom is 0.293 e. The Kier molecular flexibility index (Phi) is 10.5. The van der Waals surface area contributed by atoms with Crippen LogP contribution in [0.15, 0.2) is 46.5 Å². The Labute approximate surface area is 202 Å². The molecule has 4 N–H and O–H groups in total. The molecule has 0 spiro atoms. The average Bonchev–Trinajstić information content (AvgIpc) is 2.80. The predicted molar refractivity (Wildman–Crippen MR) is 134 cm³/mol. The van der Waals surface area contributed by atoms with Crippen LogP contribution in [0.5, 0.6) is 0 Å². The van der Waals surface area contributed by atoms with E-state index in [9.17, 15) is 14.4 Å². The van der Waals surface area contributed by atoms with E-state index in [0.717, 1.165) is 5.56 Å². The molecule has 0 aliphatic carbocycles. The number of Topliss-reactive ketones (excluding diaryl/α,β-unsaturated/α-hetero) is 1. The van der Waals surface area contributed by atoms with E-state index in [-0.39, 0.29) is 54.3 Å². The number of oxime groups is 1. The number of hydrogen-bond donors (Lipinski definition) is 4. The summed E-state index contributed by atoms with van der Waals surface area (Å²) >= 11 is 1.48. The highest BCUT2D eigenvalue weighted by atomic mass is 32.2. The molecule has 1 heterocycles. The van der Waals surface area contributed by atoms with E-state index in [0.29, 0.717) is 11.4 Å². The number of amides is 1. The molecule has 34 heavy (non-hydrogen) atoms. The summed E-state index contributed by atoms with van der Waals surface area (Å²) in [5.74, 6) is 0.365. The molecular weight excluding hydrogens is 456 g/mol. The Morgan fingerprint density at radius 1 is 1.24 bits per heavy atom. The van der Waals surface area contributed by atoms with Crippen LogP contribution in [0.2, 0.25) is 0 Å². The van der Waals surface area contributed by atoms with Gasteiger partial charge in [0.1, 0.15) is 12.3 Å². The first kappa shape index (κ1) is 26.8. The van der Waals surface area contributed by atoms with Crippen molar-refractivity contribution in [1.29, 1.82) is 5.41 Å². The smallest absolute Gasteiger partial charge is 0.293 e. The van der Waals surface area contributed by atoms with Gasteiger partial charge in [-0.2, -0.15) is 0 Å². The van der Waals surface area contributed by atoms with Gasteiger partial charge in [0.05, 0.1) is 30.2 Å². The summed E-state index contributed by atoms with van der Waals surface area (Å²) in [5, 5.41) is 24.9. The Bertz CT molecular complexity index is 1100. The molecule has 1 amide bonds. The molecule has 0 fully saturated rings. The van der Waals surface area contributed by atoms with Crippen molar-refractivity contribution in [1.82, 2.24) is 14.9 Å². The van der Waals surface area contributed by atoms with E-state index in [4.69, 9.17) is 10.6 Å². The first-order valence-electron chi connectivity index (χ1n) is 10.7. The largest absolute Gasteiger partial charge is 0.411 e. The molecule has 0 bridgehead atoms. The normalized spacial score (nSPS) is 11.4. The van der Waals surface area contributed by atoms with E-state index in [1.54, 1.807) is 0 Å². The average molecular weight is 487 g/mol. The Balaban J connectivity index is 1.96. The molecule has 0 radical (unpaired) electrons. The second kappa shape index (κ2) is 13.3. The van der Waals surface area contributed by atoms with Gasteiger partial charge in [0.2, 0.25) is 5.91 Å². The van der Waals surface area contributed by atoms with Crippen molar-refractivity contribution in [3.05, 3.63) is 58.1 Å². The number of carbonyl (C=O) groups is 2. The van der Waals surface area contributed by atoms with E-state index in [2.05, 4.69) is 20.8 Å². The van der Waals surface area contributed by atoms with Crippen LogP contribution >= 0.6 is 11.8 Å². The summed E-state index contributed by atoms with van der Waals surface area (Å²) in [6, 6.07) is 9.80. The minimum absolute atomic E-state index is 0.0187. The van der Waals surface area contributed by atoms with E-state index < -0.39 is 11.5 Å². The summed E-state index contributed by atoms with van der Waals surface area (Å²) in [6.45, 7) is 4.79. The highest BCUT2D eigenvalue weighted by Gasteiger charge is 2.15. The molecule has 0 aliphatic heterocycles. The van der Waals surface area contributed by atoms with Gasteiger partial charge in [0, 0.05) is 11.9 Å². The molecule has 1 aromatic heterocycles. The number of rotatable bonds is 13. The first-order valence-corrected chi connectivity index (χ1v) is 11.9. The third-order valence-corrected chi connectivity index (χ3v) is 5.80. The molecule has 0 unspecified atom stereocenters. The Hall–Kier alpha value is -3.47. The van der Waals surface area contributed by atoms with Crippen molar-refractivity contribution in [2.24, 2.45) is 5.16 Å². The van der Waals surface area contributed by atoms with Gasteiger partial charge < -0.3 is 25.8 Å². The summed E-state index contributed by atoms with van der Waals surface area (Å²) in [5.41, 5.74) is 1.27. The van der Waals surface area contributed by atoms with Crippen LogP contribution in [-0.2, 0) is 21.9 Å². The number of thioether (sulfide) groups is 1. The van der Waals surface area contributed by atoms with Gasteiger partial charge in [-0.1, -0.05) is 49.3 Å². The lowest BCUT2D eigenvalue weighted by molar-refractivity contribution is -0.124. The van der Waals surface area contributed by atoms with Crippen LogP contribution in [0.25, 0.3) is 0 Å². The topological polar surface area (TPSA) is 150 Å². The lowest BCUT2D eigenvalue weighted by Crippen LogP contribution is -2.37. The lowest BCUT2D eigenvalue weighted by Gasteiger charge is -2.14. The number of nitrogens with one attached hydrogen (secondary N) is 3. The first-order chi connectivity index (χ1) is 16.2. The van der Waals surface area contributed by atoms with Gasteiger partial charge in [-0.3, -0.25) is 14.4 Å². The second-order valence-electron chi connectivity index (χ2n) is 7.92. The van der Waals surface area contributed by atoms with Gasteiger partial charge in [-0.25, -0.2) is 4.98 Å². The quantitative estimate of drug-likeness (QED) is 0.193. The van der Waals surface area contributed by atoms with Crippen LogP contribution in [-0.4, -0.2) is 56.7 Å². The minimum Gasteiger partial charge on any atom is -0.411 e. The van der Waals surface area contributed by atoms with E-state index in [1.165, 1.54) is 29.4 Å². The van der Waals surface area contributed by atoms with Crippen molar-refractivity contribution in [3.8, 4) is 0 Å². The number of nitrogens with zero attached hydrogens (tertiary/aromatic N) is 3. The van der Waals surface area contributed by atoms with Crippen molar-refractivity contribution < 1.29 is 14.8 Å². The van der Waals surface area contributed by atoms with Crippen molar-refractivity contribution in [3.63, 3.8) is 0 Å². The minimum atomic E-state index is -0.538. The zero-order valence-electron chi connectivity index (χ0n) is 19.5. The van der Waals surface area contributed by atoms with Gasteiger partial charge in [0.15, 0.2) is 11.6 Å². The molecule has 10 nitrogen and oxygen atoms in total. The lowest BCUT2D eigenvalue weighted by atomic mass is 10.1. The number of aromatic nitrogens is 2. The maximum absolute atomic E-state index is 12.8. The summed E-state index contributed by atoms with van der Waals surface area (Å²) in [6.07, 6.45) is 1.51. The molecule has 182 valence electrons. The predicted octanol–water partition coefficient (Wildman–Crippen LogP) is 2.27. The number of benzene rings is 1. The Morgan fingerprint density at radius 2 is 1.94 bits per heavy atom. The van der Waals surface area contributed by atoms with Crippen LogP contribution in [0, 0.1) is 5.41 Å². The zero-order chi connectivity index (χ0) is 25.1. The fourth-order valence-corrected chi connectivity index (χ4v) is 3.66. The number of carbonyl (C=O) groups excluding carboxylic acids is 2. The van der Waals surface area contributed by atoms with E-state index in [1.807, 2.05) is 44.2 Å². The molecule has 0 saturated heterocycles. The van der Waals surface area contributed by atoms with Crippen molar-refractivity contribution in [2.45, 2.75) is 39.0 Å². The fraction of sp³-hybridized carbons (Fsp3) is 0.391. The monoisotopic (exact) mass is 486 g/mol. The Morgan fingerprint density at radius 3 is 2.56 bits per heavy atom. The standard InChI is InChI=1S/C23H30N6O4S/c1-15(2)20-11-29(23(32)22(27-20)26-10-19(28-33)16(3)24)12-21(31)25-9-18(30)14-34-13-17-7-5-4-6-8-17/h4-8,11,15,24,33H,9-10,12-14H2,1-3H3,(H,25,31)(H,26,27)/b24-16?,28-19-. The maximum atomic E-state index is 12.8.